The van der Waals surface area contributed by atoms with Crippen LogP contribution in [0.15, 0.2) is 72.9 Å². The van der Waals surface area contributed by atoms with E-state index in [-0.39, 0.29) is 31.6 Å². The Labute approximate surface area is 402 Å². The monoisotopic (exact) mass is 907 g/mol. The fourth-order valence-corrected chi connectivity index (χ4v) is 7.60. The number of unbranched alkanes of at least 4 members (excludes halogenated alkanes) is 26. The summed E-state index contributed by atoms with van der Waals surface area (Å²) in [5.74, 6) is -0.993. The Hall–Kier alpha value is -3.15. The van der Waals surface area contributed by atoms with E-state index in [1.54, 1.807) is 0 Å². The lowest BCUT2D eigenvalue weighted by molar-refractivity contribution is -0.166. The van der Waals surface area contributed by atoms with Crippen molar-refractivity contribution >= 4 is 17.9 Å². The molecule has 1 unspecified atom stereocenters. The highest BCUT2D eigenvalue weighted by molar-refractivity contribution is 5.71. The summed E-state index contributed by atoms with van der Waals surface area (Å²) in [6.07, 6.45) is 67.6. The van der Waals surface area contributed by atoms with Gasteiger partial charge in [0.15, 0.2) is 6.10 Å². The molecule has 0 aliphatic carbocycles. The molecule has 0 aromatic carbocycles. The number of esters is 3. The van der Waals surface area contributed by atoms with E-state index in [1.807, 2.05) is 12.2 Å². The average Bonchev–Trinajstić information content (AvgIpc) is 3.30. The van der Waals surface area contributed by atoms with E-state index in [0.29, 0.717) is 19.3 Å². The van der Waals surface area contributed by atoms with Crippen LogP contribution in [0.2, 0.25) is 0 Å². The lowest BCUT2D eigenvalue weighted by Gasteiger charge is -2.18. The predicted molar refractivity (Wildman–Crippen MR) is 279 cm³/mol. The number of ether oxygens (including phenoxy) is 3. The predicted octanol–water partition coefficient (Wildman–Crippen LogP) is 18.2. The van der Waals surface area contributed by atoms with Crippen molar-refractivity contribution < 1.29 is 28.6 Å². The largest absolute Gasteiger partial charge is 0.462 e. The molecule has 65 heavy (non-hydrogen) atoms. The minimum absolute atomic E-state index is 0.105. The van der Waals surface area contributed by atoms with Gasteiger partial charge in [0.25, 0.3) is 0 Å². The fraction of sp³-hybridized carbons (Fsp3) is 0.746. The van der Waals surface area contributed by atoms with Crippen molar-refractivity contribution in [3.8, 4) is 0 Å². The molecule has 0 radical (unpaired) electrons. The van der Waals surface area contributed by atoms with Gasteiger partial charge in [-0.05, 0) is 77.0 Å². The maximum Gasteiger partial charge on any atom is 0.306 e. The van der Waals surface area contributed by atoms with Crippen molar-refractivity contribution in [1.82, 2.24) is 0 Å². The molecule has 0 spiro atoms. The summed E-state index contributed by atoms with van der Waals surface area (Å²) in [7, 11) is 0. The molecule has 0 amide bonds. The first kappa shape index (κ1) is 61.9. The van der Waals surface area contributed by atoms with Crippen LogP contribution in [0.5, 0.6) is 0 Å². The molecule has 1 atom stereocenters. The van der Waals surface area contributed by atoms with E-state index in [2.05, 4.69) is 81.5 Å². The first-order chi connectivity index (χ1) is 32.0. The minimum Gasteiger partial charge on any atom is -0.462 e. The molecule has 0 heterocycles. The van der Waals surface area contributed by atoms with Gasteiger partial charge in [-0.1, -0.05) is 241 Å². The smallest absolute Gasteiger partial charge is 0.306 e. The number of hydrogen-bond donors (Lipinski definition) is 0. The van der Waals surface area contributed by atoms with Gasteiger partial charge in [0.2, 0.25) is 0 Å². The quantitative estimate of drug-likeness (QED) is 0.0262. The minimum atomic E-state index is -0.816. The van der Waals surface area contributed by atoms with E-state index in [1.165, 1.54) is 135 Å². The Morgan fingerprint density at radius 2 is 0.631 bits per heavy atom. The lowest BCUT2D eigenvalue weighted by atomic mass is 10.0. The molecule has 0 saturated heterocycles. The third kappa shape index (κ3) is 51.7. The van der Waals surface area contributed by atoms with Gasteiger partial charge in [-0.15, -0.1) is 0 Å². The van der Waals surface area contributed by atoms with E-state index in [4.69, 9.17) is 14.2 Å². The molecule has 0 aromatic rings. The summed E-state index contributed by atoms with van der Waals surface area (Å²) in [5, 5.41) is 0. The molecule has 374 valence electrons. The van der Waals surface area contributed by atoms with Gasteiger partial charge in [-0.3, -0.25) is 14.4 Å². The van der Waals surface area contributed by atoms with Gasteiger partial charge in [0.05, 0.1) is 0 Å². The third-order valence-corrected chi connectivity index (χ3v) is 11.7. The van der Waals surface area contributed by atoms with Crippen LogP contribution >= 0.6 is 0 Å². The maximum atomic E-state index is 12.8. The van der Waals surface area contributed by atoms with Crippen molar-refractivity contribution in [2.75, 3.05) is 13.2 Å². The SMILES string of the molecule is CC/C=C\C/C=C\C/C=C\C/C=C\C/C=C\CCC(=O)OC(COC(=O)CCCCCCC/C=C\CCCCC)COC(=O)CCCCCCCCCCCCCCCCCCCCC. The van der Waals surface area contributed by atoms with Gasteiger partial charge in [0.1, 0.15) is 13.2 Å². The van der Waals surface area contributed by atoms with Crippen LogP contribution in [0.4, 0.5) is 0 Å². The van der Waals surface area contributed by atoms with Crippen molar-refractivity contribution in [3.05, 3.63) is 72.9 Å². The summed E-state index contributed by atoms with van der Waals surface area (Å²) < 4.78 is 16.7. The van der Waals surface area contributed by atoms with Gasteiger partial charge < -0.3 is 14.2 Å². The second-order valence-electron chi connectivity index (χ2n) is 18.1. The summed E-state index contributed by atoms with van der Waals surface area (Å²) in [6.45, 7) is 6.45. The van der Waals surface area contributed by atoms with E-state index in [9.17, 15) is 14.4 Å². The van der Waals surface area contributed by atoms with E-state index >= 15 is 0 Å². The molecule has 0 saturated carbocycles. The molecule has 0 bridgehead atoms. The second kappa shape index (κ2) is 53.5. The zero-order valence-corrected chi connectivity index (χ0v) is 42.7. The molecule has 0 rings (SSSR count). The van der Waals surface area contributed by atoms with Crippen LogP contribution in [0, 0.1) is 0 Å². The topological polar surface area (TPSA) is 78.9 Å². The van der Waals surface area contributed by atoms with Crippen LogP contribution in [-0.2, 0) is 28.6 Å². The van der Waals surface area contributed by atoms with Crippen molar-refractivity contribution in [1.29, 1.82) is 0 Å². The number of carbonyl (C=O) groups is 3. The Morgan fingerprint density at radius 1 is 0.323 bits per heavy atom. The third-order valence-electron chi connectivity index (χ3n) is 11.7. The highest BCUT2D eigenvalue weighted by atomic mass is 16.6. The maximum absolute atomic E-state index is 12.8. The fourth-order valence-electron chi connectivity index (χ4n) is 7.60. The van der Waals surface area contributed by atoms with E-state index in [0.717, 1.165) is 83.5 Å². The van der Waals surface area contributed by atoms with Crippen LogP contribution in [0.1, 0.15) is 265 Å². The molecule has 0 aliphatic rings. The highest BCUT2D eigenvalue weighted by Gasteiger charge is 2.19. The molecule has 6 heteroatoms. The zero-order valence-electron chi connectivity index (χ0n) is 42.7. The Morgan fingerprint density at radius 3 is 1.03 bits per heavy atom. The number of carbonyl (C=O) groups excluding carboxylic acids is 3. The lowest BCUT2D eigenvalue weighted by Crippen LogP contribution is -2.30. The standard InChI is InChI=1S/C59H102O6/c1-4-7-10-13-16-19-22-25-27-29-30-31-33-34-37-40-43-46-49-52-58(61)64-55-56(54-63-57(60)51-48-45-42-39-36-24-21-18-15-12-9-6-3)65-59(62)53-50-47-44-41-38-35-32-28-26-23-20-17-14-11-8-5-2/h8,11,17-18,20-21,26,28,35,38,44,47,56H,4-7,9-10,12-16,19,22-25,27,29-34,36-37,39-43,45-46,48-55H2,1-3H3/b11-8-,20-17-,21-18-,28-26-,38-35-,47-44-. The Bertz CT molecular complexity index is 1230. The molecule has 0 N–H and O–H groups in total. The molecule has 6 nitrogen and oxygen atoms in total. The molecule has 0 fully saturated rings. The van der Waals surface area contributed by atoms with Crippen LogP contribution in [0.3, 0.4) is 0 Å². The average molecular weight is 907 g/mol. The summed E-state index contributed by atoms with van der Waals surface area (Å²) >= 11 is 0. The van der Waals surface area contributed by atoms with Gasteiger partial charge in [-0.2, -0.15) is 0 Å². The van der Waals surface area contributed by atoms with Crippen molar-refractivity contribution in [3.63, 3.8) is 0 Å². The first-order valence-electron chi connectivity index (χ1n) is 27.4. The first-order valence-corrected chi connectivity index (χ1v) is 27.4. The summed E-state index contributed by atoms with van der Waals surface area (Å²) in [5.41, 5.74) is 0. The highest BCUT2D eigenvalue weighted by Crippen LogP contribution is 2.16. The van der Waals surface area contributed by atoms with Crippen molar-refractivity contribution in [2.45, 2.75) is 271 Å². The molecule has 0 aliphatic heterocycles. The van der Waals surface area contributed by atoms with Gasteiger partial charge in [-0.25, -0.2) is 0 Å². The van der Waals surface area contributed by atoms with Gasteiger partial charge >= 0.3 is 17.9 Å². The second-order valence-corrected chi connectivity index (χ2v) is 18.1. The molecule has 0 aromatic heterocycles. The van der Waals surface area contributed by atoms with Gasteiger partial charge in [0, 0.05) is 19.3 Å². The number of rotatable bonds is 49. The Kier molecular flexibility index (Phi) is 50.9. The normalized spacial score (nSPS) is 12.6. The van der Waals surface area contributed by atoms with Crippen LogP contribution in [-0.4, -0.2) is 37.2 Å². The van der Waals surface area contributed by atoms with E-state index < -0.39 is 12.1 Å². The summed E-state index contributed by atoms with van der Waals surface area (Å²) in [6, 6.07) is 0. The van der Waals surface area contributed by atoms with Crippen molar-refractivity contribution in [2.24, 2.45) is 0 Å². The molecular weight excluding hydrogens is 805 g/mol. The number of allylic oxidation sites excluding steroid dienone is 12. The Balaban J connectivity index is 4.42. The van der Waals surface area contributed by atoms with Crippen LogP contribution < -0.4 is 0 Å². The zero-order chi connectivity index (χ0) is 47.2. The molecular formula is C59H102O6. The summed E-state index contributed by atoms with van der Waals surface area (Å²) in [4.78, 5) is 38.0. The van der Waals surface area contributed by atoms with Crippen LogP contribution in [0.25, 0.3) is 0 Å². The number of hydrogen-bond acceptors (Lipinski definition) is 6.